The molecule has 7 heteroatoms. The zero-order valence-corrected chi connectivity index (χ0v) is 18.2. The predicted octanol–water partition coefficient (Wildman–Crippen LogP) is 3.94. The third-order valence-electron chi connectivity index (χ3n) is 4.59. The fourth-order valence-corrected chi connectivity index (χ4v) is 4.45. The number of hydrogen-bond acceptors (Lipinski definition) is 3. The lowest BCUT2D eigenvalue weighted by Crippen LogP contribution is -2.50. The highest BCUT2D eigenvalue weighted by atomic mass is 35.5. The van der Waals surface area contributed by atoms with Crippen LogP contribution >= 0.6 is 11.6 Å². The largest absolute Gasteiger partial charge is 0.352 e. The number of rotatable bonds is 8. The van der Waals surface area contributed by atoms with E-state index in [1.807, 2.05) is 37.3 Å². The van der Waals surface area contributed by atoms with Gasteiger partial charge >= 0.3 is 0 Å². The molecule has 1 amide bonds. The van der Waals surface area contributed by atoms with Gasteiger partial charge in [0.25, 0.3) is 0 Å². The van der Waals surface area contributed by atoms with Crippen LogP contribution in [0.5, 0.6) is 0 Å². The summed E-state index contributed by atoms with van der Waals surface area (Å²) in [4.78, 5) is 12.8. The third-order valence-corrected chi connectivity index (χ3v) is 6.06. The Hall–Kier alpha value is -2.05. The van der Waals surface area contributed by atoms with Crippen molar-refractivity contribution in [3.63, 3.8) is 0 Å². The molecule has 5 nitrogen and oxygen atoms in total. The summed E-state index contributed by atoms with van der Waals surface area (Å²) in [5.41, 5.74) is 2.34. The van der Waals surface area contributed by atoms with Crippen LogP contribution in [0.15, 0.2) is 48.5 Å². The van der Waals surface area contributed by atoms with Crippen molar-refractivity contribution in [2.24, 2.45) is 0 Å². The molecule has 0 saturated heterocycles. The molecule has 0 heterocycles. The molecule has 2 aromatic rings. The molecule has 0 bridgehead atoms. The number of nitrogens with one attached hydrogen (secondary N) is 1. The molecule has 28 heavy (non-hydrogen) atoms. The molecule has 0 unspecified atom stereocenters. The van der Waals surface area contributed by atoms with Crippen molar-refractivity contribution in [2.75, 3.05) is 10.6 Å². The summed E-state index contributed by atoms with van der Waals surface area (Å²) < 4.78 is 26.0. The summed E-state index contributed by atoms with van der Waals surface area (Å²) in [6, 6.07) is 14.0. The average Bonchev–Trinajstić information content (AvgIpc) is 2.62. The molecule has 0 aliphatic heterocycles. The van der Waals surface area contributed by atoms with Crippen molar-refractivity contribution >= 4 is 33.2 Å². The second-order valence-electron chi connectivity index (χ2n) is 7.10. The number of nitrogens with zero attached hydrogens (tertiary/aromatic N) is 1. The van der Waals surface area contributed by atoms with Crippen LogP contribution in [0.3, 0.4) is 0 Å². The van der Waals surface area contributed by atoms with Crippen molar-refractivity contribution in [1.29, 1.82) is 0 Å². The van der Waals surface area contributed by atoms with Crippen LogP contribution in [0.1, 0.15) is 31.4 Å². The lowest BCUT2D eigenvalue weighted by Gasteiger charge is -2.30. The van der Waals surface area contributed by atoms with Crippen molar-refractivity contribution in [2.45, 2.75) is 45.7 Å². The maximum Gasteiger partial charge on any atom is 0.243 e. The zero-order chi connectivity index (χ0) is 20.9. The van der Waals surface area contributed by atoms with Gasteiger partial charge < -0.3 is 5.32 Å². The number of hydrogen-bond donors (Lipinski definition) is 1. The van der Waals surface area contributed by atoms with Gasteiger partial charge in [0, 0.05) is 11.1 Å². The summed E-state index contributed by atoms with van der Waals surface area (Å²) in [7, 11) is -3.68. The fraction of sp³-hybridized carbons (Fsp3) is 0.381. The average molecular weight is 423 g/mol. The molecule has 2 aromatic carbocycles. The molecule has 152 valence electrons. The van der Waals surface area contributed by atoms with Crippen LogP contribution < -0.4 is 9.62 Å². The Morgan fingerprint density at radius 2 is 1.79 bits per heavy atom. The van der Waals surface area contributed by atoms with Gasteiger partial charge in [-0.1, -0.05) is 48.0 Å². The predicted molar refractivity (Wildman–Crippen MR) is 115 cm³/mol. The number of anilines is 1. The Morgan fingerprint density at radius 1 is 1.14 bits per heavy atom. The van der Waals surface area contributed by atoms with Gasteiger partial charge in [0.1, 0.15) is 6.04 Å². The van der Waals surface area contributed by atoms with Gasteiger partial charge in [0.2, 0.25) is 15.9 Å². The molecule has 2 atom stereocenters. The maximum absolute atomic E-state index is 12.8. The van der Waals surface area contributed by atoms with Crippen molar-refractivity contribution in [3.05, 3.63) is 64.7 Å². The molecule has 2 rings (SSSR count). The number of carbonyl (C=O) groups excluding carboxylic acids is 1. The lowest BCUT2D eigenvalue weighted by atomic mass is 10.1. The van der Waals surface area contributed by atoms with Crippen LogP contribution in [-0.4, -0.2) is 32.7 Å². The molecule has 1 N–H and O–H groups in total. The van der Waals surface area contributed by atoms with E-state index in [0.29, 0.717) is 10.7 Å². The van der Waals surface area contributed by atoms with Crippen LogP contribution in [0.25, 0.3) is 0 Å². The third kappa shape index (κ3) is 5.97. The second kappa shape index (κ2) is 9.43. The minimum absolute atomic E-state index is 0.0861. The van der Waals surface area contributed by atoms with Crippen LogP contribution in [-0.2, 0) is 21.2 Å². The maximum atomic E-state index is 12.8. The van der Waals surface area contributed by atoms with E-state index in [4.69, 9.17) is 11.6 Å². The van der Waals surface area contributed by atoms with Crippen molar-refractivity contribution in [3.8, 4) is 0 Å². The number of halogens is 1. The van der Waals surface area contributed by atoms with E-state index in [9.17, 15) is 13.2 Å². The van der Waals surface area contributed by atoms with E-state index in [1.165, 1.54) is 5.56 Å². The van der Waals surface area contributed by atoms with Crippen LogP contribution in [0.4, 0.5) is 5.69 Å². The smallest absolute Gasteiger partial charge is 0.243 e. The number of carbonyl (C=O) groups is 1. The van der Waals surface area contributed by atoms with Gasteiger partial charge in [0.05, 0.1) is 11.9 Å². The second-order valence-corrected chi connectivity index (χ2v) is 9.40. The number of amides is 1. The lowest BCUT2D eigenvalue weighted by molar-refractivity contribution is -0.122. The van der Waals surface area contributed by atoms with Gasteiger partial charge in [-0.25, -0.2) is 8.42 Å². The van der Waals surface area contributed by atoms with Gasteiger partial charge in [-0.05, 0) is 56.9 Å². The van der Waals surface area contributed by atoms with E-state index < -0.39 is 16.1 Å². The number of sulfonamides is 1. The highest BCUT2D eigenvalue weighted by molar-refractivity contribution is 7.92. The minimum Gasteiger partial charge on any atom is -0.352 e. The molecule has 0 aliphatic rings. The Morgan fingerprint density at radius 3 is 2.39 bits per heavy atom. The highest BCUT2D eigenvalue weighted by Crippen LogP contribution is 2.28. The van der Waals surface area contributed by atoms with Gasteiger partial charge in [0.15, 0.2) is 0 Å². The van der Waals surface area contributed by atoms with Gasteiger partial charge in [-0.2, -0.15) is 0 Å². The first-order chi connectivity index (χ1) is 13.1. The summed E-state index contributed by atoms with van der Waals surface area (Å²) in [5.74, 6) is -0.342. The van der Waals surface area contributed by atoms with E-state index >= 15 is 0 Å². The number of aryl methyl sites for hydroxylation is 2. The topological polar surface area (TPSA) is 66.5 Å². The normalized spacial score (nSPS) is 13.6. The summed E-state index contributed by atoms with van der Waals surface area (Å²) in [6.45, 7) is 5.29. The van der Waals surface area contributed by atoms with E-state index in [0.717, 1.165) is 29.0 Å². The van der Waals surface area contributed by atoms with Gasteiger partial charge in [-0.3, -0.25) is 9.10 Å². The molecule has 0 saturated carbocycles. The first-order valence-electron chi connectivity index (χ1n) is 9.19. The summed E-state index contributed by atoms with van der Waals surface area (Å²) in [6.07, 6.45) is 2.69. The molecule has 0 aliphatic carbocycles. The first-order valence-corrected chi connectivity index (χ1v) is 11.4. The molecule has 0 fully saturated rings. The van der Waals surface area contributed by atoms with E-state index in [2.05, 4.69) is 5.32 Å². The monoisotopic (exact) mass is 422 g/mol. The Balaban J connectivity index is 2.12. The zero-order valence-electron chi connectivity index (χ0n) is 16.6. The van der Waals surface area contributed by atoms with E-state index in [1.54, 1.807) is 32.0 Å². The molecule has 0 aromatic heterocycles. The Labute approximate surface area is 172 Å². The van der Waals surface area contributed by atoms with Crippen LogP contribution in [0, 0.1) is 6.92 Å². The molecule has 0 spiro atoms. The molecular weight excluding hydrogens is 396 g/mol. The first kappa shape index (κ1) is 22.2. The Bertz CT molecular complexity index is 917. The minimum atomic E-state index is -3.68. The van der Waals surface area contributed by atoms with Gasteiger partial charge in [-0.15, -0.1) is 0 Å². The van der Waals surface area contributed by atoms with Crippen molar-refractivity contribution in [1.82, 2.24) is 5.32 Å². The fourth-order valence-electron chi connectivity index (χ4n) is 3.06. The summed E-state index contributed by atoms with van der Waals surface area (Å²) >= 11 is 6.06. The molecular formula is C21H27ClN2O3S. The van der Waals surface area contributed by atoms with E-state index in [-0.39, 0.29) is 11.9 Å². The highest BCUT2D eigenvalue weighted by Gasteiger charge is 2.30. The SMILES string of the molecule is Cc1ccc(Cl)cc1N([C@@H](C)C(=O)N[C@@H](C)CCc1ccccc1)S(C)(=O)=O. The molecule has 0 radical (unpaired) electrons. The Kier molecular flexibility index (Phi) is 7.49. The van der Waals surface area contributed by atoms with Crippen LogP contribution in [0.2, 0.25) is 5.02 Å². The number of benzene rings is 2. The van der Waals surface area contributed by atoms with Crippen molar-refractivity contribution < 1.29 is 13.2 Å². The summed E-state index contributed by atoms with van der Waals surface area (Å²) in [5, 5.41) is 3.34. The quantitative estimate of drug-likeness (QED) is 0.700. The standard InChI is InChI=1S/C21H27ClN2O3S/c1-15-10-13-19(22)14-20(15)24(28(4,26)27)17(3)21(25)23-16(2)11-12-18-8-6-5-7-9-18/h5-10,13-14,16-17H,11-12H2,1-4H3,(H,23,25)/t16-,17-/m0/s1.